The van der Waals surface area contributed by atoms with Crippen LogP contribution in [-0.2, 0) is 23.1 Å². The highest BCUT2D eigenvalue weighted by Gasteiger charge is 2.28. The predicted molar refractivity (Wildman–Crippen MR) is 133 cm³/mol. The zero-order chi connectivity index (χ0) is 25.8. The van der Waals surface area contributed by atoms with Crippen LogP contribution >= 0.6 is 0 Å². The van der Waals surface area contributed by atoms with E-state index in [1.54, 1.807) is 61.9 Å². The summed E-state index contributed by atoms with van der Waals surface area (Å²) in [4.78, 5) is 42.0. The van der Waals surface area contributed by atoms with E-state index in [-0.39, 0.29) is 12.0 Å². The molecule has 1 atom stereocenters. The van der Waals surface area contributed by atoms with Gasteiger partial charge in [0.25, 0.3) is 11.8 Å². The van der Waals surface area contributed by atoms with Crippen LogP contribution in [0.4, 0.5) is 0 Å². The van der Waals surface area contributed by atoms with E-state index >= 15 is 0 Å². The molecule has 1 unspecified atom stereocenters. The molecule has 2 aromatic heterocycles. The van der Waals surface area contributed by atoms with E-state index in [1.807, 2.05) is 6.07 Å². The van der Waals surface area contributed by atoms with Gasteiger partial charge in [-0.05, 0) is 17.7 Å². The Hall–Kier alpha value is -4.73. The number of pyridine rings is 1. The summed E-state index contributed by atoms with van der Waals surface area (Å²) in [6.07, 6.45) is 3.26. The third kappa shape index (κ3) is 4.88. The summed E-state index contributed by atoms with van der Waals surface area (Å²) in [5, 5.41) is 7.86. The van der Waals surface area contributed by atoms with Gasteiger partial charge in [-0.3, -0.25) is 24.0 Å². The van der Waals surface area contributed by atoms with Gasteiger partial charge in [0.05, 0.1) is 25.3 Å². The molecule has 0 aliphatic heterocycles. The van der Waals surface area contributed by atoms with E-state index in [0.717, 1.165) is 5.56 Å². The third-order valence-electron chi connectivity index (χ3n) is 5.72. The average molecular weight is 488 g/mol. The molecule has 10 nitrogen and oxygen atoms in total. The molecule has 184 valence electrons. The fourth-order valence-corrected chi connectivity index (χ4v) is 4.00. The number of methoxy groups -OCH3 is 2. The van der Waals surface area contributed by atoms with Gasteiger partial charge in [0, 0.05) is 42.9 Å². The molecule has 2 amide bonds. The van der Waals surface area contributed by atoms with Crippen molar-refractivity contribution in [1.82, 2.24) is 20.1 Å². The van der Waals surface area contributed by atoms with E-state index in [2.05, 4.69) is 15.4 Å². The second-order valence-corrected chi connectivity index (χ2v) is 8.09. The van der Waals surface area contributed by atoms with Gasteiger partial charge in [0.15, 0.2) is 11.5 Å². The van der Waals surface area contributed by atoms with Gasteiger partial charge in [-0.1, -0.05) is 30.3 Å². The molecule has 0 bridgehead atoms. The molecule has 36 heavy (non-hydrogen) atoms. The molecule has 4 aromatic rings. The lowest BCUT2D eigenvalue weighted by Gasteiger charge is -2.16. The van der Waals surface area contributed by atoms with Crippen molar-refractivity contribution in [3.63, 3.8) is 0 Å². The molecule has 2 aromatic carbocycles. The molecular formula is C26H25N5O5. The summed E-state index contributed by atoms with van der Waals surface area (Å²) in [5.41, 5.74) is 7.87. The highest BCUT2D eigenvalue weighted by Crippen LogP contribution is 2.36. The van der Waals surface area contributed by atoms with Crippen molar-refractivity contribution in [2.24, 2.45) is 12.8 Å². The molecule has 0 saturated heterocycles. The Balaban J connectivity index is 1.74. The fraction of sp³-hybridized carbons (Fsp3) is 0.192. The van der Waals surface area contributed by atoms with Crippen LogP contribution in [0.1, 0.15) is 15.9 Å². The Labute approximate surface area is 207 Å². The fourth-order valence-electron chi connectivity index (χ4n) is 4.00. The van der Waals surface area contributed by atoms with Crippen molar-refractivity contribution in [3.05, 3.63) is 72.1 Å². The SMILES string of the molecule is COc1cc2nccc(-c3nn(C)cc3C(=O)NC(Cc3ccccc3)C(=O)C(N)=O)c2cc1OC. The lowest BCUT2D eigenvalue weighted by Crippen LogP contribution is -2.47. The minimum absolute atomic E-state index is 0.110. The number of nitrogens with two attached hydrogens (primary N) is 1. The quantitative estimate of drug-likeness (QED) is 0.345. The van der Waals surface area contributed by atoms with Gasteiger partial charge in [0.1, 0.15) is 11.7 Å². The predicted octanol–water partition coefficient (Wildman–Crippen LogP) is 2.05. The van der Waals surface area contributed by atoms with E-state index in [9.17, 15) is 14.4 Å². The molecule has 10 heteroatoms. The first-order valence-electron chi connectivity index (χ1n) is 11.1. The van der Waals surface area contributed by atoms with Gasteiger partial charge in [0.2, 0.25) is 5.78 Å². The third-order valence-corrected chi connectivity index (χ3v) is 5.72. The standard InChI is InChI=1S/C26H25N5O5/c1-31-14-18(26(34)29-20(24(32)25(27)33)11-15-7-5-4-6-8-15)23(30-31)16-9-10-28-19-13-22(36-3)21(35-2)12-17(16)19/h4-10,12-14,20H,11H2,1-3H3,(H2,27,33)(H,29,34). The Morgan fingerprint density at radius 1 is 1.06 bits per heavy atom. The van der Waals surface area contributed by atoms with Crippen molar-refractivity contribution in [3.8, 4) is 22.8 Å². The molecule has 0 saturated carbocycles. The largest absolute Gasteiger partial charge is 0.493 e. The average Bonchev–Trinajstić information content (AvgIpc) is 3.28. The molecule has 0 fully saturated rings. The van der Waals surface area contributed by atoms with E-state index in [4.69, 9.17) is 15.2 Å². The number of hydrogen-bond acceptors (Lipinski definition) is 7. The van der Waals surface area contributed by atoms with Crippen molar-refractivity contribution < 1.29 is 23.9 Å². The van der Waals surface area contributed by atoms with E-state index in [0.29, 0.717) is 33.7 Å². The molecule has 0 aliphatic rings. The summed E-state index contributed by atoms with van der Waals surface area (Å²) in [5.74, 6) is -1.56. The number of nitrogens with one attached hydrogen (secondary N) is 1. The summed E-state index contributed by atoms with van der Waals surface area (Å²) < 4.78 is 12.3. The van der Waals surface area contributed by atoms with Crippen molar-refractivity contribution in [2.75, 3.05) is 14.2 Å². The number of benzene rings is 2. The van der Waals surface area contributed by atoms with Crippen molar-refractivity contribution >= 4 is 28.5 Å². The van der Waals surface area contributed by atoms with Gasteiger partial charge < -0.3 is 20.5 Å². The molecule has 3 N–H and O–H groups in total. The number of amides is 2. The first kappa shape index (κ1) is 24.4. The lowest BCUT2D eigenvalue weighted by molar-refractivity contribution is -0.137. The lowest BCUT2D eigenvalue weighted by atomic mass is 10.00. The normalized spacial score (nSPS) is 11.6. The second-order valence-electron chi connectivity index (χ2n) is 8.09. The Kier molecular flexibility index (Phi) is 6.95. The molecule has 2 heterocycles. The number of hydrogen-bond donors (Lipinski definition) is 2. The highest BCUT2D eigenvalue weighted by molar-refractivity contribution is 6.38. The van der Waals surface area contributed by atoms with Crippen LogP contribution in [0.3, 0.4) is 0 Å². The molecule has 0 radical (unpaired) electrons. The number of ether oxygens (including phenoxy) is 2. The number of carbonyl (C=O) groups is 3. The Morgan fingerprint density at radius 3 is 2.42 bits per heavy atom. The van der Waals surface area contributed by atoms with Crippen LogP contribution < -0.4 is 20.5 Å². The van der Waals surface area contributed by atoms with Gasteiger partial charge in [-0.25, -0.2) is 0 Å². The number of aryl methyl sites for hydroxylation is 1. The van der Waals surface area contributed by atoms with Crippen LogP contribution in [0.25, 0.3) is 22.2 Å². The van der Waals surface area contributed by atoms with Gasteiger partial charge >= 0.3 is 0 Å². The Morgan fingerprint density at radius 2 is 1.75 bits per heavy atom. The zero-order valence-electron chi connectivity index (χ0n) is 20.0. The first-order chi connectivity index (χ1) is 17.3. The number of nitrogens with zero attached hydrogens (tertiary/aromatic N) is 3. The maximum absolute atomic E-state index is 13.4. The summed E-state index contributed by atoms with van der Waals surface area (Å²) in [7, 11) is 4.75. The van der Waals surface area contributed by atoms with E-state index in [1.165, 1.54) is 18.9 Å². The number of fused-ring (bicyclic) bond motifs is 1. The summed E-state index contributed by atoms with van der Waals surface area (Å²) in [6.45, 7) is 0. The minimum atomic E-state index is -1.14. The second kappa shape index (κ2) is 10.3. The maximum Gasteiger partial charge on any atom is 0.287 e. The van der Waals surface area contributed by atoms with Gasteiger partial charge in [-0.2, -0.15) is 5.10 Å². The summed E-state index contributed by atoms with van der Waals surface area (Å²) in [6, 6.07) is 13.1. The number of primary amides is 1. The number of aromatic nitrogens is 3. The van der Waals surface area contributed by atoms with Crippen LogP contribution in [-0.4, -0.2) is 52.6 Å². The van der Waals surface area contributed by atoms with Crippen LogP contribution in [0.15, 0.2) is 60.9 Å². The van der Waals surface area contributed by atoms with Crippen molar-refractivity contribution in [2.45, 2.75) is 12.5 Å². The smallest absolute Gasteiger partial charge is 0.287 e. The number of Topliss-reactive ketones (excluding diaryl/α,β-unsaturated/α-hetero) is 1. The Bertz CT molecular complexity index is 1450. The molecule has 0 aliphatic carbocycles. The first-order valence-corrected chi connectivity index (χ1v) is 11.1. The topological polar surface area (TPSA) is 138 Å². The van der Waals surface area contributed by atoms with Crippen LogP contribution in [0.5, 0.6) is 11.5 Å². The van der Waals surface area contributed by atoms with E-state index < -0.39 is 23.6 Å². The monoisotopic (exact) mass is 487 g/mol. The molecular weight excluding hydrogens is 462 g/mol. The number of rotatable bonds is 9. The minimum Gasteiger partial charge on any atom is -0.493 e. The maximum atomic E-state index is 13.4. The van der Waals surface area contributed by atoms with Gasteiger partial charge in [-0.15, -0.1) is 0 Å². The molecule has 4 rings (SSSR count). The molecule has 0 spiro atoms. The number of carbonyl (C=O) groups excluding carboxylic acids is 3. The highest BCUT2D eigenvalue weighted by atomic mass is 16.5. The van der Waals surface area contributed by atoms with Crippen LogP contribution in [0.2, 0.25) is 0 Å². The zero-order valence-corrected chi connectivity index (χ0v) is 20.0. The van der Waals surface area contributed by atoms with Crippen molar-refractivity contribution in [1.29, 1.82) is 0 Å². The van der Waals surface area contributed by atoms with Crippen LogP contribution in [0, 0.1) is 0 Å². The summed E-state index contributed by atoms with van der Waals surface area (Å²) >= 11 is 0. The number of ketones is 1.